The van der Waals surface area contributed by atoms with Crippen LogP contribution in [0.3, 0.4) is 0 Å². The van der Waals surface area contributed by atoms with Crippen LogP contribution >= 0.6 is 0 Å². The lowest BCUT2D eigenvalue weighted by Crippen LogP contribution is -2.36. The largest absolute Gasteiger partial charge is 0.481 e. The van der Waals surface area contributed by atoms with Gasteiger partial charge in [-0.1, -0.05) is 36.4 Å². The van der Waals surface area contributed by atoms with E-state index in [-0.39, 0.29) is 11.8 Å². The van der Waals surface area contributed by atoms with Crippen molar-refractivity contribution in [1.82, 2.24) is 5.32 Å². The molecular weight excluding hydrogens is 430 g/mol. The van der Waals surface area contributed by atoms with Crippen LogP contribution in [0.1, 0.15) is 22.8 Å². The molecule has 1 aliphatic heterocycles. The van der Waals surface area contributed by atoms with Crippen molar-refractivity contribution in [2.75, 3.05) is 36.5 Å². The van der Waals surface area contributed by atoms with E-state index in [9.17, 15) is 9.59 Å². The molecule has 1 fully saturated rings. The van der Waals surface area contributed by atoms with Gasteiger partial charge in [-0.2, -0.15) is 0 Å². The van der Waals surface area contributed by atoms with Crippen molar-refractivity contribution in [3.63, 3.8) is 0 Å². The van der Waals surface area contributed by atoms with Gasteiger partial charge in [-0.3, -0.25) is 9.59 Å². The highest BCUT2D eigenvalue weighted by atomic mass is 16.5. The number of nitrogens with one attached hydrogen (secondary N) is 2. The van der Waals surface area contributed by atoms with Crippen LogP contribution in [0.4, 0.5) is 11.4 Å². The number of ether oxygens (including phenoxy) is 2. The van der Waals surface area contributed by atoms with Crippen LogP contribution < -0.4 is 20.3 Å². The van der Waals surface area contributed by atoms with Gasteiger partial charge in [-0.15, -0.1) is 0 Å². The maximum atomic E-state index is 12.6. The molecule has 3 aromatic rings. The lowest BCUT2D eigenvalue weighted by Gasteiger charge is -2.29. The van der Waals surface area contributed by atoms with Gasteiger partial charge < -0.3 is 25.0 Å². The Morgan fingerprint density at radius 1 is 0.971 bits per heavy atom. The molecule has 0 radical (unpaired) electrons. The second kappa shape index (κ2) is 11.3. The Hall–Kier alpha value is -3.84. The molecule has 4 rings (SSSR count). The monoisotopic (exact) mass is 459 g/mol. The van der Waals surface area contributed by atoms with Gasteiger partial charge >= 0.3 is 0 Å². The smallest absolute Gasteiger partial charge is 0.265 e. The Kier molecular flexibility index (Phi) is 7.78. The molecule has 3 aromatic carbocycles. The fourth-order valence-electron chi connectivity index (χ4n) is 3.67. The lowest BCUT2D eigenvalue weighted by atomic mass is 10.2. The van der Waals surface area contributed by atoms with Crippen LogP contribution in [0.15, 0.2) is 78.9 Å². The van der Waals surface area contributed by atoms with Gasteiger partial charge in [0.2, 0.25) is 0 Å². The van der Waals surface area contributed by atoms with Gasteiger partial charge in [0.1, 0.15) is 5.75 Å². The van der Waals surface area contributed by atoms with E-state index in [1.807, 2.05) is 54.6 Å². The zero-order valence-corrected chi connectivity index (χ0v) is 19.2. The van der Waals surface area contributed by atoms with Crippen LogP contribution in [-0.4, -0.2) is 44.2 Å². The van der Waals surface area contributed by atoms with E-state index in [1.54, 1.807) is 31.2 Å². The van der Waals surface area contributed by atoms with Gasteiger partial charge in [-0.05, 0) is 55.0 Å². The molecule has 0 aliphatic carbocycles. The quantitative estimate of drug-likeness (QED) is 0.535. The van der Waals surface area contributed by atoms with Gasteiger partial charge in [0, 0.05) is 36.6 Å². The summed E-state index contributed by atoms with van der Waals surface area (Å²) in [6.45, 7) is 5.29. The van der Waals surface area contributed by atoms with Crippen LogP contribution in [0, 0.1) is 0 Å². The van der Waals surface area contributed by atoms with Gasteiger partial charge in [0.15, 0.2) is 6.10 Å². The van der Waals surface area contributed by atoms with E-state index in [2.05, 4.69) is 15.5 Å². The summed E-state index contributed by atoms with van der Waals surface area (Å²) in [6, 6.07) is 24.3. The molecule has 176 valence electrons. The second-order valence-corrected chi connectivity index (χ2v) is 8.09. The summed E-state index contributed by atoms with van der Waals surface area (Å²) in [4.78, 5) is 27.4. The number of morpholine rings is 1. The third kappa shape index (κ3) is 6.36. The summed E-state index contributed by atoms with van der Waals surface area (Å²) < 4.78 is 11.2. The average Bonchev–Trinajstić information content (AvgIpc) is 2.89. The molecule has 0 spiro atoms. The maximum Gasteiger partial charge on any atom is 0.265 e. The SMILES string of the molecule is C[C@@H](Oc1cccc(C(=O)NCc2ccccc2)c1)C(=O)Nc1ccc(N2CCOCC2)cc1. The Morgan fingerprint density at radius 3 is 2.44 bits per heavy atom. The highest BCUT2D eigenvalue weighted by molar-refractivity contribution is 5.95. The highest BCUT2D eigenvalue weighted by Crippen LogP contribution is 2.20. The molecule has 0 aromatic heterocycles. The van der Waals surface area contributed by atoms with Crippen molar-refractivity contribution in [2.24, 2.45) is 0 Å². The molecule has 2 N–H and O–H groups in total. The van der Waals surface area contributed by atoms with Crippen LogP contribution in [-0.2, 0) is 16.1 Å². The minimum atomic E-state index is -0.735. The molecule has 34 heavy (non-hydrogen) atoms. The fourth-order valence-corrected chi connectivity index (χ4v) is 3.67. The number of carbonyl (C=O) groups excluding carboxylic acids is 2. The number of benzene rings is 3. The summed E-state index contributed by atoms with van der Waals surface area (Å²) in [5.41, 5.74) is 3.30. The average molecular weight is 460 g/mol. The number of amides is 2. The number of rotatable bonds is 8. The summed E-state index contributed by atoms with van der Waals surface area (Å²) in [7, 11) is 0. The van der Waals surface area contributed by atoms with E-state index in [0.29, 0.717) is 23.5 Å². The first-order valence-corrected chi connectivity index (χ1v) is 11.4. The van der Waals surface area contributed by atoms with Gasteiger partial charge in [0.05, 0.1) is 13.2 Å². The number of hydrogen-bond acceptors (Lipinski definition) is 5. The van der Waals surface area contributed by atoms with Crippen LogP contribution in [0.2, 0.25) is 0 Å². The van der Waals surface area contributed by atoms with Crippen LogP contribution in [0.25, 0.3) is 0 Å². The number of hydrogen-bond donors (Lipinski definition) is 2. The van der Waals surface area contributed by atoms with Crippen molar-refractivity contribution in [3.05, 3.63) is 90.0 Å². The zero-order chi connectivity index (χ0) is 23.8. The third-order valence-corrected chi connectivity index (χ3v) is 5.59. The minimum Gasteiger partial charge on any atom is -0.481 e. The Morgan fingerprint density at radius 2 is 1.71 bits per heavy atom. The molecule has 1 saturated heterocycles. The topological polar surface area (TPSA) is 79.9 Å². The summed E-state index contributed by atoms with van der Waals surface area (Å²) >= 11 is 0. The van der Waals surface area contributed by atoms with Crippen molar-refractivity contribution >= 4 is 23.2 Å². The molecule has 0 unspecified atom stereocenters. The maximum absolute atomic E-state index is 12.6. The molecular formula is C27H29N3O4. The normalized spacial score (nSPS) is 14.2. The van der Waals surface area contributed by atoms with Gasteiger partial charge in [-0.25, -0.2) is 0 Å². The molecule has 7 heteroatoms. The van der Waals surface area contributed by atoms with E-state index in [1.165, 1.54) is 0 Å². The van der Waals surface area contributed by atoms with E-state index >= 15 is 0 Å². The van der Waals surface area contributed by atoms with Crippen LogP contribution in [0.5, 0.6) is 5.75 Å². The van der Waals surface area contributed by atoms with Crippen molar-refractivity contribution in [3.8, 4) is 5.75 Å². The summed E-state index contributed by atoms with van der Waals surface area (Å²) in [5, 5.41) is 5.78. The molecule has 1 atom stereocenters. The highest BCUT2D eigenvalue weighted by Gasteiger charge is 2.17. The lowest BCUT2D eigenvalue weighted by molar-refractivity contribution is -0.122. The Balaban J connectivity index is 1.30. The molecule has 2 amide bonds. The predicted molar refractivity (Wildman–Crippen MR) is 132 cm³/mol. The predicted octanol–water partition coefficient (Wildman–Crippen LogP) is 3.86. The number of nitrogens with zero attached hydrogens (tertiary/aromatic N) is 1. The molecule has 0 bridgehead atoms. The first kappa shape index (κ1) is 23.3. The van der Waals surface area contributed by atoms with E-state index < -0.39 is 6.10 Å². The summed E-state index contributed by atoms with van der Waals surface area (Å²) in [5.74, 6) is -0.0116. The molecule has 1 aliphatic rings. The first-order chi connectivity index (χ1) is 16.6. The van der Waals surface area contributed by atoms with Crippen molar-refractivity contribution in [1.29, 1.82) is 0 Å². The first-order valence-electron chi connectivity index (χ1n) is 11.4. The number of anilines is 2. The number of carbonyl (C=O) groups is 2. The fraction of sp³-hybridized carbons (Fsp3) is 0.259. The molecule has 0 saturated carbocycles. The van der Waals surface area contributed by atoms with E-state index in [0.717, 1.165) is 37.6 Å². The van der Waals surface area contributed by atoms with Gasteiger partial charge in [0.25, 0.3) is 11.8 Å². The zero-order valence-electron chi connectivity index (χ0n) is 19.2. The minimum absolute atomic E-state index is 0.202. The third-order valence-electron chi connectivity index (χ3n) is 5.59. The Bertz CT molecular complexity index is 1100. The molecule has 1 heterocycles. The standard InChI is InChI=1S/C27H29N3O4/c1-20(26(31)29-23-10-12-24(13-11-23)30-14-16-33-17-15-30)34-25-9-5-8-22(18-25)27(32)28-19-21-6-3-2-4-7-21/h2-13,18,20H,14-17,19H2,1H3,(H,28,32)(H,29,31)/t20-/m1/s1. The summed E-state index contributed by atoms with van der Waals surface area (Å²) in [6.07, 6.45) is -0.735. The van der Waals surface area contributed by atoms with Crippen molar-refractivity contribution in [2.45, 2.75) is 19.6 Å². The molecule has 7 nitrogen and oxygen atoms in total. The second-order valence-electron chi connectivity index (χ2n) is 8.09. The van der Waals surface area contributed by atoms with E-state index in [4.69, 9.17) is 9.47 Å². The Labute approximate surface area is 199 Å². The van der Waals surface area contributed by atoms with Crippen molar-refractivity contribution < 1.29 is 19.1 Å².